The molecule has 0 radical (unpaired) electrons. The summed E-state index contributed by atoms with van der Waals surface area (Å²) >= 11 is 1.34. The average molecular weight is 219 g/mol. The molecule has 1 aromatic rings. The van der Waals surface area contributed by atoms with Gasteiger partial charge in [-0.05, 0) is 41.6 Å². The van der Waals surface area contributed by atoms with Crippen molar-refractivity contribution in [2.45, 2.75) is 32.6 Å². The van der Waals surface area contributed by atoms with Gasteiger partial charge in [0, 0.05) is 5.75 Å². The second-order valence-electron chi connectivity index (χ2n) is 3.72. The van der Waals surface area contributed by atoms with E-state index in [4.69, 9.17) is 5.26 Å². The number of thioether (sulfide) groups is 1. The van der Waals surface area contributed by atoms with Gasteiger partial charge in [-0.2, -0.15) is 5.26 Å². The molecule has 0 heterocycles. The number of hydrogen-bond donors (Lipinski definition) is 0. The molecular weight excluding hydrogens is 202 g/mol. The SMILES string of the molecule is CCc1ccc(C(C)CCSC#N)cc1. The Morgan fingerprint density at radius 1 is 1.33 bits per heavy atom. The summed E-state index contributed by atoms with van der Waals surface area (Å²) in [6, 6.07) is 8.81. The van der Waals surface area contributed by atoms with Crippen molar-refractivity contribution in [1.82, 2.24) is 0 Å². The average Bonchev–Trinajstić information content (AvgIpc) is 2.29. The van der Waals surface area contributed by atoms with Crippen LogP contribution in [-0.4, -0.2) is 5.75 Å². The molecule has 1 nitrogen and oxygen atoms in total. The monoisotopic (exact) mass is 219 g/mol. The van der Waals surface area contributed by atoms with Crippen molar-refractivity contribution in [1.29, 1.82) is 5.26 Å². The highest BCUT2D eigenvalue weighted by Crippen LogP contribution is 2.21. The lowest BCUT2D eigenvalue weighted by molar-refractivity contribution is 0.741. The van der Waals surface area contributed by atoms with E-state index in [-0.39, 0.29) is 0 Å². The van der Waals surface area contributed by atoms with Gasteiger partial charge in [0.15, 0.2) is 0 Å². The molecule has 0 aromatic heterocycles. The van der Waals surface area contributed by atoms with Crippen molar-refractivity contribution >= 4 is 11.8 Å². The van der Waals surface area contributed by atoms with Gasteiger partial charge in [0.1, 0.15) is 5.40 Å². The standard InChI is InChI=1S/C13H17NS/c1-3-12-4-6-13(7-5-12)11(2)8-9-15-10-14/h4-7,11H,3,8-9H2,1-2H3. The highest BCUT2D eigenvalue weighted by Gasteiger charge is 2.04. The number of thiocyanates is 1. The van der Waals surface area contributed by atoms with E-state index in [1.807, 2.05) is 0 Å². The first-order chi connectivity index (χ1) is 7.27. The number of hydrogen-bond acceptors (Lipinski definition) is 2. The van der Waals surface area contributed by atoms with Gasteiger partial charge in [0.25, 0.3) is 0 Å². The largest absolute Gasteiger partial charge is 0.185 e. The van der Waals surface area contributed by atoms with Crippen LogP contribution < -0.4 is 0 Å². The number of nitrogens with zero attached hydrogens (tertiary/aromatic N) is 1. The molecule has 1 aromatic carbocycles. The first-order valence-electron chi connectivity index (χ1n) is 5.37. The van der Waals surface area contributed by atoms with E-state index in [9.17, 15) is 0 Å². The predicted octanol–water partition coefficient (Wildman–Crippen LogP) is 3.96. The van der Waals surface area contributed by atoms with E-state index in [0.29, 0.717) is 5.92 Å². The van der Waals surface area contributed by atoms with Gasteiger partial charge in [-0.25, -0.2) is 0 Å². The summed E-state index contributed by atoms with van der Waals surface area (Å²) in [5.74, 6) is 1.48. The topological polar surface area (TPSA) is 23.8 Å². The molecule has 0 fully saturated rings. The van der Waals surface area contributed by atoms with Crippen molar-refractivity contribution in [3.05, 3.63) is 35.4 Å². The van der Waals surface area contributed by atoms with Crippen LogP contribution >= 0.6 is 11.8 Å². The van der Waals surface area contributed by atoms with Crippen LogP contribution in [0.25, 0.3) is 0 Å². The minimum absolute atomic E-state index is 0.553. The third-order valence-electron chi connectivity index (χ3n) is 2.67. The molecule has 0 saturated carbocycles. The van der Waals surface area contributed by atoms with Crippen LogP contribution in [-0.2, 0) is 6.42 Å². The van der Waals surface area contributed by atoms with Crippen molar-refractivity contribution in [3.8, 4) is 5.40 Å². The van der Waals surface area contributed by atoms with Gasteiger partial charge >= 0.3 is 0 Å². The van der Waals surface area contributed by atoms with Crippen molar-refractivity contribution in [3.63, 3.8) is 0 Å². The van der Waals surface area contributed by atoms with Gasteiger partial charge in [0.2, 0.25) is 0 Å². The minimum atomic E-state index is 0.553. The van der Waals surface area contributed by atoms with Crippen LogP contribution in [0.5, 0.6) is 0 Å². The fourth-order valence-electron chi connectivity index (χ4n) is 1.53. The molecular formula is C13H17NS. The molecule has 0 aliphatic rings. The van der Waals surface area contributed by atoms with E-state index in [1.54, 1.807) is 0 Å². The summed E-state index contributed by atoms with van der Waals surface area (Å²) in [6.07, 6.45) is 2.17. The molecule has 0 aliphatic carbocycles. The summed E-state index contributed by atoms with van der Waals surface area (Å²) < 4.78 is 0. The van der Waals surface area contributed by atoms with Crippen LogP contribution in [0, 0.1) is 10.7 Å². The molecule has 0 spiro atoms. The Kier molecular flexibility index (Phi) is 5.28. The van der Waals surface area contributed by atoms with E-state index < -0.39 is 0 Å². The normalized spacial score (nSPS) is 12.1. The highest BCUT2D eigenvalue weighted by atomic mass is 32.2. The summed E-state index contributed by atoms with van der Waals surface area (Å²) in [7, 11) is 0. The molecule has 2 heteroatoms. The van der Waals surface area contributed by atoms with E-state index in [2.05, 4.69) is 43.5 Å². The highest BCUT2D eigenvalue weighted by molar-refractivity contribution is 8.03. The van der Waals surface area contributed by atoms with Crippen LogP contribution in [0.4, 0.5) is 0 Å². The van der Waals surface area contributed by atoms with Gasteiger partial charge in [-0.3, -0.25) is 0 Å². The molecule has 1 unspecified atom stereocenters. The number of benzene rings is 1. The third-order valence-corrected chi connectivity index (χ3v) is 3.24. The molecule has 0 aliphatic heterocycles. The zero-order valence-corrected chi connectivity index (χ0v) is 10.2. The number of aryl methyl sites for hydroxylation is 1. The van der Waals surface area contributed by atoms with Crippen LogP contribution in [0.2, 0.25) is 0 Å². The van der Waals surface area contributed by atoms with Crippen LogP contribution in [0.1, 0.15) is 37.3 Å². The molecule has 15 heavy (non-hydrogen) atoms. The van der Waals surface area contributed by atoms with Crippen molar-refractivity contribution in [2.75, 3.05) is 5.75 Å². The lowest BCUT2D eigenvalue weighted by atomic mass is 9.97. The Morgan fingerprint density at radius 3 is 2.53 bits per heavy atom. The fourth-order valence-corrected chi connectivity index (χ4v) is 2.09. The maximum absolute atomic E-state index is 8.43. The first-order valence-corrected chi connectivity index (χ1v) is 6.36. The Morgan fingerprint density at radius 2 is 2.00 bits per heavy atom. The van der Waals surface area contributed by atoms with Gasteiger partial charge < -0.3 is 0 Å². The smallest absolute Gasteiger partial charge is 0.133 e. The Hall–Kier alpha value is -0.940. The Balaban J connectivity index is 2.51. The maximum Gasteiger partial charge on any atom is 0.133 e. The quantitative estimate of drug-likeness (QED) is 0.553. The number of rotatable bonds is 5. The predicted molar refractivity (Wildman–Crippen MR) is 66.9 cm³/mol. The fraction of sp³-hybridized carbons (Fsp3) is 0.462. The van der Waals surface area contributed by atoms with Crippen LogP contribution in [0.15, 0.2) is 24.3 Å². The van der Waals surface area contributed by atoms with Gasteiger partial charge in [-0.1, -0.05) is 38.1 Å². The lowest BCUT2D eigenvalue weighted by Gasteiger charge is -2.10. The molecule has 1 atom stereocenters. The van der Waals surface area contributed by atoms with E-state index >= 15 is 0 Å². The summed E-state index contributed by atoms with van der Waals surface area (Å²) in [4.78, 5) is 0. The van der Waals surface area contributed by atoms with Crippen LogP contribution in [0.3, 0.4) is 0 Å². The third kappa shape index (κ3) is 3.97. The maximum atomic E-state index is 8.43. The minimum Gasteiger partial charge on any atom is -0.185 e. The van der Waals surface area contributed by atoms with Gasteiger partial charge in [-0.15, -0.1) is 0 Å². The van der Waals surface area contributed by atoms with Crippen molar-refractivity contribution in [2.24, 2.45) is 0 Å². The first kappa shape index (κ1) is 12.1. The molecule has 80 valence electrons. The lowest BCUT2D eigenvalue weighted by Crippen LogP contribution is -1.95. The molecule has 0 bridgehead atoms. The molecule has 1 rings (SSSR count). The molecule has 0 saturated heterocycles. The Bertz CT molecular complexity index is 323. The van der Waals surface area contributed by atoms with E-state index in [0.717, 1.165) is 18.6 Å². The zero-order valence-electron chi connectivity index (χ0n) is 9.36. The van der Waals surface area contributed by atoms with E-state index in [1.165, 1.54) is 22.9 Å². The van der Waals surface area contributed by atoms with Gasteiger partial charge in [0.05, 0.1) is 0 Å². The second-order valence-corrected chi connectivity index (χ2v) is 4.60. The molecule has 0 N–H and O–H groups in total. The Labute approximate surface area is 96.5 Å². The molecule has 0 amide bonds. The van der Waals surface area contributed by atoms with Crippen molar-refractivity contribution < 1.29 is 0 Å². The second kappa shape index (κ2) is 6.53. The summed E-state index contributed by atoms with van der Waals surface area (Å²) in [6.45, 7) is 4.39. The summed E-state index contributed by atoms with van der Waals surface area (Å²) in [5, 5.41) is 10.5. The summed E-state index contributed by atoms with van der Waals surface area (Å²) in [5.41, 5.74) is 2.77. The number of nitriles is 1. The zero-order chi connectivity index (χ0) is 11.1.